The van der Waals surface area contributed by atoms with Crippen molar-refractivity contribution in [3.8, 4) is 10.7 Å². The van der Waals surface area contributed by atoms with E-state index in [1.165, 1.54) is 0 Å². The summed E-state index contributed by atoms with van der Waals surface area (Å²) in [6, 6.07) is 7.55. The smallest absolute Gasteiger partial charge is 0.255 e. The fraction of sp³-hybridized carbons (Fsp3) is 0.294. The highest BCUT2D eigenvalue weighted by Crippen LogP contribution is 2.23. The standard InChI is InChI=1S/C17H17N3O3S/c21-10-12-4-3-11(23-12)8-20-6-5-14-13(9-20)17(22)19-16(18-14)15-2-1-7-24-15/h1-4,7,21H,5-6,8-10H2,(H,18,19,22). The van der Waals surface area contributed by atoms with E-state index in [2.05, 4.69) is 14.9 Å². The molecule has 0 bridgehead atoms. The SMILES string of the molecule is O=c1[nH]c(-c2cccs2)nc2c1CN(Cc1ccc(CO)o1)CC2. The molecule has 0 spiro atoms. The van der Waals surface area contributed by atoms with Gasteiger partial charge in [-0.15, -0.1) is 11.3 Å². The van der Waals surface area contributed by atoms with Crippen molar-refractivity contribution in [2.45, 2.75) is 26.1 Å². The number of aliphatic hydroxyl groups is 1. The van der Waals surface area contributed by atoms with Gasteiger partial charge in [0, 0.05) is 19.5 Å². The first kappa shape index (κ1) is 15.3. The molecule has 4 rings (SSSR count). The van der Waals surface area contributed by atoms with Crippen LogP contribution in [0.15, 0.2) is 38.9 Å². The first-order valence-electron chi connectivity index (χ1n) is 7.79. The number of thiophene rings is 1. The van der Waals surface area contributed by atoms with Crippen LogP contribution in [0.1, 0.15) is 22.8 Å². The summed E-state index contributed by atoms with van der Waals surface area (Å²) in [6.07, 6.45) is 0.741. The summed E-state index contributed by atoms with van der Waals surface area (Å²) in [6.45, 7) is 1.89. The van der Waals surface area contributed by atoms with Crippen molar-refractivity contribution in [2.75, 3.05) is 6.54 Å². The number of aliphatic hydroxyl groups excluding tert-OH is 1. The third kappa shape index (κ3) is 2.93. The first-order chi connectivity index (χ1) is 11.7. The van der Waals surface area contributed by atoms with Crippen molar-refractivity contribution in [3.63, 3.8) is 0 Å². The van der Waals surface area contributed by atoms with Crippen molar-refractivity contribution in [1.29, 1.82) is 0 Å². The summed E-state index contributed by atoms with van der Waals surface area (Å²) in [5.41, 5.74) is 1.55. The van der Waals surface area contributed by atoms with Crippen LogP contribution in [0.2, 0.25) is 0 Å². The molecule has 124 valence electrons. The number of rotatable bonds is 4. The molecule has 0 aromatic carbocycles. The number of H-pyrrole nitrogens is 1. The largest absolute Gasteiger partial charge is 0.462 e. The molecule has 0 fully saturated rings. The maximum absolute atomic E-state index is 12.5. The van der Waals surface area contributed by atoms with Crippen LogP contribution in [0.3, 0.4) is 0 Å². The summed E-state index contributed by atoms with van der Waals surface area (Å²) in [5.74, 6) is 2.01. The molecule has 0 saturated carbocycles. The highest BCUT2D eigenvalue weighted by molar-refractivity contribution is 7.13. The minimum absolute atomic E-state index is 0.0661. The average molecular weight is 343 g/mol. The van der Waals surface area contributed by atoms with Gasteiger partial charge in [-0.3, -0.25) is 9.69 Å². The zero-order chi connectivity index (χ0) is 16.5. The van der Waals surface area contributed by atoms with E-state index in [9.17, 15) is 4.79 Å². The van der Waals surface area contributed by atoms with Gasteiger partial charge >= 0.3 is 0 Å². The van der Waals surface area contributed by atoms with Gasteiger partial charge in [-0.1, -0.05) is 6.07 Å². The number of nitrogens with one attached hydrogen (secondary N) is 1. The van der Waals surface area contributed by atoms with Crippen molar-refractivity contribution in [3.05, 3.63) is 62.8 Å². The zero-order valence-electron chi connectivity index (χ0n) is 13.0. The van der Waals surface area contributed by atoms with Gasteiger partial charge in [0.2, 0.25) is 0 Å². The molecule has 6 nitrogen and oxygen atoms in total. The summed E-state index contributed by atoms with van der Waals surface area (Å²) >= 11 is 1.57. The van der Waals surface area contributed by atoms with Gasteiger partial charge < -0.3 is 14.5 Å². The van der Waals surface area contributed by atoms with Gasteiger partial charge in [0.05, 0.1) is 22.7 Å². The molecule has 1 aliphatic heterocycles. The molecule has 4 heterocycles. The van der Waals surface area contributed by atoms with Crippen LogP contribution in [0.25, 0.3) is 10.7 Å². The van der Waals surface area contributed by atoms with E-state index >= 15 is 0 Å². The Balaban J connectivity index is 1.56. The molecule has 2 N–H and O–H groups in total. The fourth-order valence-electron chi connectivity index (χ4n) is 2.96. The van der Waals surface area contributed by atoms with Crippen LogP contribution in [-0.2, 0) is 26.1 Å². The number of aromatic amines is 1. The molecule has 1 aliphatic rings. The van der Waals surface area contributed by atoms with Crippen molar-refractivity contribution in [1.82, 2.24) is 14.9 Å². The Morgan fingerprint density at radius 2 is 2.21 bits per heavy atom. The maximum atomic E-state index is 12.5. The highest BCUT2D eigenvalue weighted by Gasteiger charge is 2.22. The normalized spacial score (nSPS) is 14.7. The molecular formula is C17H17N3O3S. The Hall–Kier alpha value is -2.22. The maximum Gasteiger partial charge on any atom is 0.255 e. The second-order valence-electron chi connectivity index (χ2n) is 5.80. The van der Waals surface area contributed by atoms with Crippen LogP contribution in [-0.4, -0.2) is 26.5 Å². The molecule has 0 unspecified atom stereocenters. The Bertz CT molecular complexity index is 898. The van der Waals surface area contributed by atoms with Gasteiger partial charge in [-0.2, -0.15) is 0 Å². The molecular weight excluding hydrogens is 326 g/mol. The van der Waals surface area contributed by atoms with E-state index in [-0.39, 0.29) is 12.2 Å². The molecule has 0 amide bonds. The molecule has 24 heavy (non-hydrogen) atoms. The molecule has 0 aliphatic carbocycles. The molecule has 3 aromatic rings. The second-order valence-corrected chi connectivity index (χ2v) is 6.75. The second kappa shape index (κ2) is 6.35. The summed E-state index contributed by atoms with van der Waals surface area (Å²) in [5, 5.41) is 11.0. The third-order valence-electron chi connectivity index (χ3n) is 4.15. The van der Waals surface area contributed by atoms with Gasteiger partial charge in [-0.05, 0) is 23.6 Å². The number of fused-ring (bicyclic) bond motifs is 1. The lowest BCUT2D eigenvalue weighted by Crippen LogP contribution is -2.35. The van der Waals surface area contributed by atoms with Gasteiger partial charge in [0.15, 0.2) is 5.82 Å². The molecule has 7 heteroatoms. The van der Waals surface area contributed by atoms with Crippen molar-refractivity contribution < 1.29 is 9.52 Å². The summed E-state index contributed by atoms with van der Waals surface area (Å²) < 4.78 is 5.53. The molecule has 0 radical (unpaired) electrons. The van der Waals surface area contributed by atoms with E-state index in [1.807, 2.05) is 23.6 Å². The lowest BCUT2D eigenvalue weighted by Gasteiger charge is -2.26. The van der Waals surface area contributed by atoms with Crippen LogP contribution < -0.4 is 5.56 Å². The van der Waals surface area contributed by atoms with Gasteiger partial charge in [0.1, 0.15) is 18.1 Å². The van der Waals surface area contributed by atoms with Gasteiger partial charge in [0.25, 0.3) is 5.56 Å². The fourth-order valence-corrected chi connectivity index (χ4v) is 3.63. The lowest BCUT2D eigenvalue weighted by molar-refractivity contribution is 0.206. The van der Waals surface area contributed by atoms with Crippen LogP contribution in [0, 0.1) is 0 Å². The third-order valence-corrected chi connectivity index (χ3v) is 5.03. The first-order valence-corrected chi connectivity index (χ1v) is 8.67. The average Bonchev–Trinajstić information content (AvgIpc) is 3.26. The number of hydrogen-bond acceptors (Lipinski definition) is 6. The quantitative estimate of drug-likeness (QED) is 0.758. The molecule has 0 atom stereocenters. The summed E-state index contributed by atoms with van der Waals surface area (Å²) in [7, 11) is 0. The zero-order valence-corrected chi connectivity index (χ0v) is 13.8. The minimum Gasteiger partial charge on any atom is -0.462 e. The van der Waals surface area contributed by atoms with E-state index in [0.29, 0.717) is 24.7 Å². The Labute approximate surface area is 142 Å². The Morgan fingerprint density at radius 1 is 1.33 bits per heavy atom. The highest BCUT2D eigenvalue weighted by atomic mass is 32.1. The lowest BCUT2D eigenvalue weighted by atomic mass is 10.1. The monoisotopic (exact) mass is 343 g/mol. The number of nitrogens with zero attached hydrogens (tertiary/aromatic N) is 2. The minimum atomic E-state index is -0.0993. The predicted octanol–water partition coefficient (Wildman–Crippen LogP) is 2.14. The van der Waals surface area contributed by atoms with E-state index < -0.39 is 0 Å². The Kier molecular flexibility index (Phi) is 4.05. The van der Waals surface area contributed by atoms with E-state index in [0.717, 1.165) is 34.9 Å². The summed E-state index contributed by atoms with van der Waals surface area (Å²) in [4.78, 5) is 23.1. The Morgan fingerprint density at radius 3 is 2.96 bits per heavy atom. The van der Waals surface area contributed by atoms with Gasteiger partial charge in [-0.25, -0.2) is 4.98 Å². The number of hydrogen-bond donors (Lipinski definition) is 2. The van der Waals surface area contributed by atoms with Crippen LogP contribution in [0.4, 0.5) is 0 Å². The van der Waals surface area contributed by atoms with E-state index in [4.69, 9.17) is 9.52 Å². The predicted molar refractivity (Wildman–Crippen MR) is 90.6 cm³/mol. The van der Waals surface area contributed by atoms with Crippen LogP contribution in [0.5, 0.6) is 0 Å². The van der Waals surface area contributed by atoms with Crippen LogP contribution >= 0.6 is 11.3 Å². The van der Waals surface area contributed by atoms with Crippen molar-refractivity contribution in [2.24, 2.45) is 0 Å². The molecule has 3 aromatic heterocycles. The number of furan rings is 1. The molecule has 0 saturated heterocycles. The number of aromatic nitrogens is 2. The topological polar surface area (TPSA) is 82.4 Å². The van der Waals surface area contributed by atoms with Crippen molar-refractivity contribution >= 4 is 11.3 Å². The van der Waals surface area contributed by atoms with E-state index in [1.54, 1.807) is 17.4 Å².